The summed E-state index contributed by atoms with van der Waals surface area (Å²) in [5.74, 6) is 1.21. The topological polar surface area (TPSA) is 21.1 Å². The molecule has 94 valence electrons. The minimum absolute atomic E-state index is 0.754. The van der Waals surface area contributed by atoms with Crippen LogP contribution in [0.4, 0.5) is 0 Å². The molecule has 2 bridgehead atoms. The summed E-state index contributed by atoms with van der Waals surface area (Å²) in [6.07, 6.45) is 10.5. The van der Waals surface area contributed by atoms with Crippen LogP contribution < -0.4 is 0 Å². The molecule has 2 aliphatic heterocycles. The van der Waals surface area contributed by atoms with E-state index in [1.165, 1.54) is 38.1 Å². The molecule has 2 fully saturated rings. The third-order valence-electron chi connectivity index (χ3n) is 4.34. The van der Waals surface area contributed by atoms with E-state index in [0.29, 0.717) is 0 Å². The van der Waals surface area contributed by atoms with Gasteiger partial charge in [0.15, 0.2) is 0 Å². The molecule has 0 spiro atoms. The average Bonchev–Trinajstić information content (AvgIpc) is 2.79. The van der Waals surface area contributed by atoms with Gasteiger partial charge in [-0.1, -0.05) is 15.9 Å². The van der Waals surface area contributed by atoms with Gasteiger partial charge in [0, 0.05) is 49.3 Å². The molecule has 2 saturated heterocycles. The maximum atomic E-state index is 4.41. The zero-order valence-corrected chi connectivity index (χ0v) is 11.9. The van der Waals surface area contributed by atoms with Gasteiger partial charge in [0.2, 0.25) is 0 Å². The Hall–Kier alpha value is -0.350. The van der Waals surface area contributed by atoms with Crippen molar-refractivity contribution in [3.05, 3.63) is 18.2 Å². The van der Waals surface area contributed by atoms with Crippen LogP contribution in [0, 0.1) is 0 Å². The van der Waals surface area contributed by atoms with Crippen molar-refractivity contribution in [3.63, 3.8) is 0 Å². The molecule has 2 atom stereocenters. The van der Waals surface area contributed by atoms with E-state index in [0.717, 1.165) is 23.3 Å². The minimum atomic E-state index is 0.754. The minimum Gasteiger partial charge on any atom is -0.338 e. The second-order valence-electron chi connectivity index (χ2n) is 5.40. The van der Waals surface area contributed by atoms with Crippen LogP contribution in [0.15, 0.2) is 12.4 Å². The van der Waals surface area contributed by atoms with Crippen LogP contribution in [-0.4, -0.2) is 37.9 Å². The summed E-state index contributed by atoms with van der Waals surface area (Å²) < 4.78 is 2.14. The number of hydrogen-bond acceptors (Lipinski definition) is 2. The van der Waals surface area contributed by atoms with Gasteiger partial charge in [-0.15, -0.1) is 0 Å². The SMILES string of the molecule is Cn1ccnc1CCN1C2CCC1CC(Br)C2. The summed E-state index contributed by atoms with van der Waals surface area (Å²) in [4.78, 5) is 7.90. The number of aromatic nitrogens is 2. The molecule has 0 amide bonds. The fraction of sp³-hybridized carbons (Fsp3) is 0.769. The van der Waals surface area contributed by atoms with Gasteiger partial charge in [-0.25, -0.2) is 4.98 Å². The second kappa shape index (κ2) is 4.73. The molecule has 0 saturated carbocycles. The third kappa shape index (κ3) is 2.29. The molecular weight excluding hydrogens is 278 g/mol. The van der Waals surface area contributed by atoms with Crippen molar-refractivity contribution in [2.24, 2.45) is 7.05 Å². The Bertz CT molecular complexity index is 376. The van der Waals surface area contributed by atoms with Crippen molar-refractivity contribution < 1.29 is 0 Å². The molecular formula is C13H20BrN3. The molecule has 17 heavy (non-hydrogen) atoms. The summed E-state index contributed by atoms with van der Waals surface area (Å²) >= 11 is 3.79. The fourth-order valence-corrected chi connectivity index (χ4v) is 4.30. The number of piperidine rings is 1. The standard InChI is InChI=1S/C13H20BrN3/c1-16-7-5-15-13(16)4-6-17-11-2-3-12(17)9-10(14)8-11/h5,7,10-12H,2-4,6,8-9H2,1H3. The Morgan fingerprint density at radius 3 is 2.65 bits per heavy atom. The Morgan fingerprint density at radius 1 is 1.35 bits per heavy atom. The molecule has 1 aromatic heterocycles. The molecule has 3 rings (SSSR count). The zero-order valence-electron chi connectivity index (χ0n) is 10.3. The normalized spacial score (nSPS) is 33.2. The van der Waals surface area contributed by atoms with Crippen LogP contribution in [0.5, 0.6) is 0 Å². The summed E-state index contributed by atoms with van der Waals surface area (Å²) in [5, 5.41) is 0. The first-order chi connectivity index (χ1) is 8.24. The Balaban J connectivity index is 1.61. The molecule has 0 radical (unpaired) electrons. The quantitative estimate of drug-likeness (QED) is 0.799. The van der Waals surface area contributed by atoms with Gasteiger partial charge in [-0.3, -0.25) is 4.90 Å². The van der Waals surface area contributed by atoms with Crippen molar-refractivity contribution in [1.82, 2.24) is 14.5 Å². The molecule has 0 aromatic carbocycles. The molecule has 0 N–H and O–H groups in total. The number of halogens is 1. The van der Waals surface area contributed by atoms with E-state index in [-0.39, 0.29) is 0 Å². The smallest absolute Gasteiger partial charge is 0.109 e. The molecule has 2 unspecified atom stereocenters. The van der Waals surface area contributed by atoms with Gasteiger partial charge < -0.3 is 4.57 Å². The second-order valence-corrected chi connectivity index (χ2v) is 6.69. The van der Waals surface area contributed by atoms with E-state index in [4.69, 9.17) is 0 Å². The number of hydrogen-bond donors (Lipinski definition) is 0. The fourth-order valence-electron chi connectivity index (χ4n) is 3.44. The van der Waals surface area contributed by atoms with E-state index >= 15 is 0 Å². The van der Waals surface area contributed by atoms with Crippen molar-refractivity contribution >= 4 is 15.9 Å². The number of nitrogens with zero attached hydrogens (tertiary/aromatic N) is 3. The molecule has 1 aromatic rings. The lowest BCUT2D eigenvalue weighted by Gasteiger charge is -2.37. The first-order valence-electron chi connectivity index (χ1n) is 6.60. The lowest BCUT2D eigenvalue weighted by molar-refractivity contribution is 0.146. The predicted octanol–water partition coefficient (Wildman–Crippen LogP) is 2.35. The largest absolute Gasteiger partial charge is 0.338 e. The van der Waals surface area contributed by atoms with Crippen molar-refractivity contribution in [2.75, 3.05) is 6.54 Å². The van der Waals surface area contributed by atoms with E-state index in [1.54, 1.807) is 0 Å². The van der Waals surface area contributed by atoms with E-state index < -0.39 is 0 Å². The van der Waals surface area contributed by atoms with Crippen LogP contribution in [-0.2, 0) is 13.5 Å². The van der Waals surface area contributed by atoms with Gasteiger partial charge in [-0.2, -0.15) is 0 Å². The molecule has 4 heteroatoms. The van der Waals surface area contributed by atoms with Gasteiger partial charge in [0.1, 0.15) is 5.82 Å². The van der Waals surface area contributed by atoms with Crippen LogP contribution >= 0.6 is 15.9 Å². The van der Waals surface area contributed by atoms with Crippen LogP contribution in [0.3, 0.4) is 0 Å². The average molecular weight is 298 g/mol. The monoisotopic (exact) mass is 297 g/mol. The maximum absolute atomic E-state index is 4.41. The van der Waals surface area contributed by atoms with E-state index in [9.17, 15) is 0 Å². The van der Waals surface area contributed by atoms with Gasteiger partial charge >= 0.3 is 0 Å². The van der Waals surface area contributed by atoms with Gasteiger partial charge in [0.25, 0.3) is 0 Å². The van der Waals surface area contributed by atoms with Crippen LogP contribution in [0.2, 0.25) is 0 Å². The molecule has 2 aliphatic rings. The lowest BCUT2D eigenvalue weighted by Crippen LogP contribution is -2.44. The number of fused-ring (bicyclic) bond motifs is 2. The van der Waals surface area contributed by atoms with Gasteiger partial charge in [0.05, 0.1) is 0 Å². The lowest BCUT2D eigenvalue weighted by atomic mass is 10.0. The zero-order chi connectivity index (χ0) is 11.8. The predicted molar refractivity (Wildman–Crippen MR) is 72.4 cm³/mol. The third-order valence-corrected chi connectivity index (χ3v) is 5.09. The number of rotatable bonds is 3. The first-order valence-corrected chi connectivity index (χ1v) is 7.51. The first kappa shape index (κ1) is 11.7. The highest BCUT2D eigenvalue weighted by atomic mass is 79.9. The summed E-state index contributed by atoms with van der Waals surface area (Å²) in [7, 11) is 2.08. The molecule has 3 nitrogen and oxygen atoms in total. The number of imidazole rings is 1. The maximum Gasteiger partial charge on any atom is 0.109 e. The van der Waals surface area contributed by atoms with Crippen molar-refractivity contribution in [3.8, 4) is 0 Å². The summed E-state index contributed by atoms with van der Waals surface area (Å²) in [6, 6.07) is 1.64. The highest BCUT2D eigenvalue weighted by Crippen LogP contribution is 2.38. The summed E-state index contributed by atoms with van der Waals surface area (Å²) in [6.45, 7) is 1.18. The van der Waals surface area contributed by atoms with E-state index in [1.807, 2.05) is 12.4 Å². The molecule has 3 heterocycles. The van der Waals surface area contributed by atoms with Crippen molar-refractivity contribution in [1.29, 1.82) is 0 Å². The van der Waals surface area contributed by atoms with Gasteiger partial charge in [-0.05, 0) is 25.7 Å². The Morgan fingerprint density at radius 2 is 2.06 bits per heavy atom. The van der Waals surface area contributed by atoms with Crippen LogP contribution in [0.1, 0.15) is 31.5 Å². The van der Waals surface area contributed by atoms with E-state index in [2.05, 4.69) is 37.4 Å². The molecule has 0 aliphatic carbocycles. The Kier molecular flexibility index (Phi) is 3.26. The number of alkyl halides is 1. The highest BCUT2D eigenvalue weighted by Gasteiger charge is 2.39. The summed E-state index contributed by atoms with van der Waals surface area (Å²) in [5.41, 5.74) is 0. The van der Waals surface area contributed by atoms with Crippen LogP contribution in [0.25, 0.3) is 0 Å². The highest BCUT2D eigenvalue weighted by molar-refractivity contribution is 9.09. The number of aryl methyl sites for hydroxylation is 1. The Labute approximate surface area is 111 Å². The van der Waals surface area contributed by atoms with Crippen molar-refractivity contribution in [2.45, 2.75) is 49.0 Å².